The van der Waals surface area contributed by atoms with Crippen LogP contribution in [0.5, 0.6) is 0 Å². The van der Waals surface area contributed by atoms with Gasteiger partial charge in [-0.05, 0) is 97.7 Å². The molecule has 2 heterocycles. The predicted octanol–water partition coefficient (Wildman–Crippen LogP) is 15.5. The lowest BCUT2D eigenvalue weighted by Crippen LogP contribution is -1.96. The van der Waals surface area contributed by atoms with Gasteiger partial charge in [-0.25, -0.2) is 15.0 Å². The van der Waals surface area contributed by atoms with E-state index in [1.165, 1.54) is 21.9 Å². The van der Waals surface area contributed by atoms with Crippen LogP contribution in [0.4, 0.5) is 0 Å². The molecule has 0 N–H and O–H groups in total. The highest BCUT2D eigenvalue weighted by atomic mass is 14.9. The predicted molar refractivity (Wildman–Crippen MR) is 258 cm³/mol. The molecule has 0 spiro atoms. The van der Waals surface area contributed by atoms with E-state index >= 15 is 0 Å². The first-order valence-electron chi connectivity index (χ1n) is 21.0. The molecular formula is C59H39N3. The molecule has 11 aromatic rings. The van der Waals surface area contributed by atoms with Gasteiger partial charge in [0, 0.05) is 27.6 Å². The van der Waals surface area contributed by atoms with Gasteiger partial charge in [-0.2, -0.15) is 0 Å². The van der Waals surface area contributed by atoms with Gasteiger partial charge in [0.2, 0.25) is 0 Å². The topological polar surface area (TPSA) is 38.7 Å². The Morgan fingerprint density at radius 3 is 1.23 bits per heavy atom. The Morgan fingerprint density at radius 2 is 0.661 bits per heavy atom. The van der Waals surface area contributed by atoms with E-state index in [2.05, 4.69) is 224 Å². The summed E-state index contributed by atoms with van der Waals surface area (Å²) < 4.78 is 0. The minimum Gasteiger partial charge on any atom is -0.248 e. The van der Waals surface area contributed by atoms with Crippen LogP contribution >= 0.6 is 0 Å². The fourth-order valence-corrected chi connectivity index (χ4v) is 8.50. The molecule has 11 rings (SSSR count). The highest BCUT2D eigenvalue weighted by Gasteiger charge is 2.16. The summed E-state index contributed by atoms with van der Waals surface area (Å²) in [6.07, 6.45) is 0. The average molecular weight is 790 g/mol. The fraction of sp³-hybridized carbons (Fsp3) is 0. The molecule has 3 nitrogen and oxygen atoms in total. The zero-order chi connectivity index (χ0) is 41.2. The standard InChI is InChI=1S/C59H39N3/c1-6-16-40(17-7-1)49-34-50(41-18-8-2-9-19-41)36-51(35-49)57-39-56(46-24-14-5-15-25-46)61-59(62-57)47-29-26-42(27-30-47)48-31-28-44-32-33-54-58(52(44)37-48)53(43-20-10-3-11-21-43)38-55(60-54)45-22-12-4-13-23-45/h1-39H. The number of aromatic nitrogens is 3. The van der Waals surface area contributed by atoms with Gasteiger partial charge in [0.1, 0.15) is 0 Å². The molecule has 0 fully saturated rings. The Labute approximate surface area is 361 Å². The van der Waals surface area contributed by atoms with Crippen LogP contribution in [0.15, 0.2) is 237 Å². The molecule has 0 aliphatic heterocycles. The number of benzene rings is 9. The molecule has 0 saturated carbocycles. The molecule has 0 aliphatic carbocycles. The van der Waals surface area contributed by atoms with Gasteiger partial charge in [0.25, 0.3) is 0 Å². The SMILES string of the molecule is c1ccc(-c2cc(-c3ccccc3)cc(-c3cc(-c4ccccc4)nc(-c4ccc(-c5ccc6ccc7nc(-c8ccccc8)cc(-c8ccccc8)c7c6c5)cc4)n3)c2)cc1. The van der Waals surface area contributed by atoms with Crippen LogP contribution in [0.2, 0.25) is 0 Å². The van der Waals surface area contributed by atoms with Crippen LogP contribution in [-0.2, 0) is 0 Å². The van der Waals surface area contributed by atoms with E-state index in [-0.39, 0.29) is 0 Å². The van der Waals surface area contributed by atoms with Crippen LogP contribution in [-0.4, -0.2) is 15.0 Å². The molecule has 0 unspecified atom stereocenters. The number of nitrogens with zero attached hydrogens (tertiary/aromatic N) is 3. The largest absolute Gasteiger partial charge is 0.248 e. The smallest absolute Gasteiger partial charge is 0.160 e. The van der Waals surface area contributed by atoms with Crippen molar-refractivity contribution in [1.82, 2.24) is 15.0 Å². The summed E-state index contributed by atoms with van der Waals surface area (Å²) in [5.41, 5.74) is 17.0. The lowest BCUT2D eigenvalue weighted by Gasteiger charge is -2.14. The van der Waals surface area contributed by atoms with Crippen molar-refractivity contribution < 1.29 is 0 Å². The molecule has 0 atom stereocenters. The van der Waals surface area contributed by atoms with E-state index < -0.39 is 0 Å². The summed E-state index contributed by atoms with van der Waals surface area (Å²) in [7, 11) is 0. The maximum absolute atomic E-state index is 5.30. The van der Waals surface area contributed by atoms with E-state index in [1.807, 2.05) is 12.1 Å². The highest BCUT2D eigenvalue weighted by Crippen LogP contribution is 2.39. The lowest BCUT2D eigenvalue weighted by molar-refractivity contribution is 1.18. The van der Waals surface area contributed by atoms with Gasteiger partial charge in [-0.3, -0.25) is 0 Å². The average Bonchev–Trinajstić information content (AvgIpc) is 3.37. The van der Waals surface area contributed by atoms with E-state index in [9.17, 15) is 0 Å². The van der Waals surface area contributed by atoms with Crippen molar-refractivity contribution in [1.29, 1.82) is 0 Å². The summed E-state index contributed by atoms with van der Waals surface area (Å²) >= 11 is 0. The molecule has 3 heteroatoms. The van der Waals surface area contributed by atoms with Gasteiger partial charge < -0.3 is 0 Å². The minimum atomic E-state index is 0.677. The van der Waals surface area contributed by atoms with Crippen molar-refractivity contribution in [2.75, 3.05) is 0 Å². The van der Waals surface area contributed by atoms with Gasteiger partial charge >= 0.3 is 0 Å². The molecule has 2 aromatic heterocycles. The molecular weight excluding hydrogens is 751 g/mol. The maximum atomic E-state index is 5.30. The Balaban J connectivity index is 1.02. The van der Waals surface area contributed by atoms with Gasteiger partial charge in [-0.1, -0.05) is 194 Å². The number of hydrogen-bond acceptors (Lipinski definition) is 3. The Bertz CT molecular complexity index is 3290. The first-order chi connectivity index (χ1) is 30.7. The summed E-state index contributed by atoms with van der Waals surface area (Å²) in [6, 6.07) is 83.5. The molecule has 0 radical (unpaired) electrons. The van der Waals surface area contributed by atoms with E-state index in [1.54, 1.807) is 0 Å². The zero-order valence-electron chi connectivity index (χ0n) is 33.9. The third kappa shape index (κ3) is 7.23. The second-order valence-corrected chi connectivity index (χ2v) is 15.6. The van der Waals surface area contributed by atoms with E-state index in [0.717, 1.165) is 83.6 Å². The molecule has 62 heavy (non-hydrogen) atoms. The normalized spacial score (nSPS) is 11.2. The number of fused-ring (bicyclic) bond motifs is 3. The van der Waals surface area contributed by atoms with E-state index in [0.29, 0.717) is 5.82 Å². The Morgan fingerprint density at radius 1 is 0.242 bits per heavy atom. The fourth-order valence-electron chi connectivity index (χ4n) is 8.50. The molecule has 0 bridgehead atoms. The van der Waals surface area contributed by atoms with Crippen molar-refractivity contribution in [2.24, 2.45) is 0 Å². The zero-order valence-corrected chi connectivity index (χ0v) is 33.9. The van der Waals surface area contributed by atoms with Crippen LogP contribution < -0.4 is 0 Å². The van der Waals surface area contributed by atoms with Crippen molar-refractivity contribution in [3.05, 3.63) is 237 Å². The third-order valence-corrected chi connectivity index (χ3v) is 11.7. The van der Waals surface area contributed by atoms with Gasteiger partial charge in [0.15, 0.2) is 5.82 Å². The maximum Gasteiger partial charge on any atom is 0.160 e. The number of rotatable bonds is 8. The molecule has 0 aliphatic rings. The van der Waals surface area contributed by atoms with Crippen molar-refractivity contribution in [3.8, 4) is 89.7 Å². The van der Waals surface area contributed by atoms with Crippen LogP contribution in [0.25, 0.3) is 111 Å². The number of hydrogen-bond donors (Lipinski definition) is 0. The second kappa shape index (κ2) is 16.1. The van der Waals surface area contributed by atoms with Crippen LogP contribution in [0.3, 0.4) is 0 Å². The van der Waals surface area contributed by atoms with E-state index in [4.69, 9.17) is 15.0 Å². The Kier molecular flexibility index (Phi) is 9.53. The Hall–Kier alpha value is -8.27. The quantitative estimate of drug-likeness (QED) is 0.144. The lowest BCUT2D eigenvalue weighted by atomic mass is 9.92. The van der Waals surface area contributed by atoms with Crippen LogP contribution in [0, 0.1) is 0 Å². The summed E-state index contributed by atoms with van der Waals surface area (Å²) in [6.45, 7) is 0. The van der Waals surface area contributed by atoms with Crippen molar-refractivity contribution in [2.45, 2.75) is 0 Å². The monoisotopic (exact) mass is 789 g/mol. The highest BCUT2D eigenvalue weighted by molar-refractivity contribution is 6.14. The molecule has 9 aromatic carbocycles. The summed E-state index contributed by atoms with van der Waals surface area (Å²) in [5.74, 6) is 0.677. The van der Waals surface area contributed by atoms with Crippen molar-refractivity contribution >= 4 is 21.7 Å². The number of pyridine rings is 1. The first kappa shape index (κ1) is 36.8. The molecule has 0 saturated heterocycles. The molecule has 290 valence electrons. The van der Waals surface area contributed by atoms with Gasteiger partial charge in [-0.15, -0.1) is 0 Å². The summed E-state index contributed by atoms with van der Waals surface area (Å²) in [4.78, 5) is 15.7. The van der Waals surface area contributed by atoms with Crippen molar-refractivity contribution in [3.63, 3.8) is 0 Å². The summed E-state index contributed by atoms with van der Waals surface area (Å²) in [5, 5.41) is 3.50. The molecule has 0 amide bonds. The first-order valence-corrected chi connectivity index (χ1v) is 21.0. The second-order valence-electron chi connectivity index (χ2n) is 15.6. The minimum absolute atomic E-state index is 0.677. The van der Waals surface area contributed by atoms with Gasteiger partial charge in [0.05, 0.1) is 22.6 Å². The van der Waals surface area contributed by atoms with Crippen LogP contribution in [0.1, 0.15) is 0 Å². The third-order valence-electron chi connectivity index (χ3n) is 11.7.